The largest absolute Gasteiger partial charge is 0.337 e. The lowest BCUT2D eigenvalue weighted by atomic mass is 9.79. The Hall–Kier alpha value is -5.59. The van der Waals surface area contributed by atoms with Crippen molar-refractivity contribution in [3.63, 3.8) is 0 Å². The highest BCUT2D eigenvalue weighted by Gasteiger charge is 2.30. The maximum absolute atomic E-state index is 9.57. The summed E-state index contributed by atoms with van der Waals surface area (Å²) >= 11 is 0. The molecular formula is C43H33N3. The van der Waals surface area contributed by atoms with Crippen molar-refractivity contribution in [1.82, 2.24) is 9.13 Å². The van der Waals surface area contributed by atoms with Crippen molar-refractivity contribution in [1.29, 1.82) is 5.26 Å². The Bertz CT molecular complexity index is 2450. The summed E-state index contributed by atoms with van der Waals surface area (Å²) in [7, 11) is 0. The molecule has 1 saturated carbocycles. The second-order valence-corrected chi connectivity index (χ2v) is 12.7. The molecule has 2 unspecified atom stereocenters. The lowest BCUT2D eigenvalue weighted by Crippen LogP contribution is -2.21. The molecule has 0 saturated heterocycles. The van der Waals surface area contributed by atoms with Gasteiger partial charge in [-0.1, -0.05) is 97.8 Å². The zero-order valence-electron chi connectivity index (χ0n) is 25.6. The van der Waals surface area contributed by atoms with Crippen LogP contribution in [0.1, 0.15) is 48.8 Å². The van der Waals surface area contributed by atoms with E-state index in [1.807, 2.05) is 18.2 Å². The average Bonchev–Trinajstić information content (AvgIpc) is 3.64. The Balaban J connectivity index is 1.21. The van der Waals surface area contributed by atoms with Crippen LogP contribution in [0.15, 0.2) is 140 Å². The molecule has 0 aliphatic heterocycles. The van der Waals surface area contributed by atoms with Crippen molar-refractivity contribution < 1.29 is 0 Å². The maximum Gasteiger partial charge on any atom is 0.0992 e. The number of hydrogen-bond donors (Lipinski definition) is 0. The standard InChI is InChI=1S/C43H33N3/c44-28-29-11-10-14-33(25-29)45-40-19-8-5-16-35(40)37-26-31(21-23-42(37)45)32-22-24-43-38(27-32)36-17-6-9-20-41(36)46(43)39-18-7-4-15-34(39)30-12-2-1-3-13-30/h1-3,5-6,8-14,16-17,19-27,34,39H,4,7,15,18H2. The fraction of sp³-hybridized carbons (Fsp3) is 0.140. The van der Waals surface area contributed by atoms with Crippen LogP contribution in [0, 0.1) is 11.3 Å². The summed E-state index contributed by atoms with van der Waals surface area (Å²) in [6, 6.07) is 53.2. The molecule has 46 heavy (non-hydrogen) atoms. The van der Waals surface area contributed by atoms with Gasteiger partial charge in [0.1, 0.15) is 0 Å². The SMILES string of the molecule is N#Cc1cccc(-n2c3ccccc3c3cc(-c4ccc5c(c4)c4ccccc4n5C4CCCCC4c4ccccc4)ccc32)c1. The van der Waals surface area contributed by atoms with Crippen molar-refractivity contribution in [2.45, 2.75) is 37.6 Å². The fourth-order valence-corrected chi connectivity index (χ4v) is 8.19. The third-order valence-corrected chi connectivity index (χ3v) is 10.2. The molecule has 1 aliphatic rings. The fourth-order valence-electron chi connectivity index (χ4n) is 8.19. The van der Waals surface area contributed by atoms with Gasteiger partial charge in [0.2, 0.25) is 0 Å². The molecule has 8 aromatic rings. The predicted octanol–water partition coefficient (Wildman–Crippen LogP) is 11.3. The maximum atomic E-state index is 9.57. The molecule has 2 aromatic heterocycles. The molecular weight excluding hydrogens is 558 g/mol. The van der Waals surface area contributed by atoms with Crippen molar-refractivity contribution in [2.75, 3.05) is 0 Å². The quantitative estimate of drug-likeness (QED) is 0.200. The van der Waals surface area contributed by atoms with Crippen molar-refractivity contribution in [3.8, 4) is 22.9 Å². The summed E-state index contributed by atoms with van der Waals surface area (Å²) < 4.78 is 4.94. The van der Waals surface area contributed by atoms with E-state index in [-0.39, 0.29) is 0 Å². The highest BCUT2D eigenvalue weighted by atomic mass is 15.0. The molecule has 2 heterocycles. The molecule has 0 N–H and O–H groups in total. The van der Waals surface area contributed by atoms with Gasteiger partial charge < -0.3 is 9.13 Å². The third-order valence-electron chi connectivity index (χ3n) is 10.2. The lowest BCUT2D eigenvalue weighted by Gasteiger charge is -2.34. The molecule has 220 valence electrons. The van der Waals surface area contributed by atoms with Gasteiger partial charge in [-0.2, -0.15) is 5.26 Å². The van der Waals surface area contributed by atoms with E-state index in [0.717, 1.165) is 16.7 Å². The Morgan fingerprint density at radius 1 is 0.522 bits per heavy atom. The van der Waals surface area contributed by atoms with Crippen LogP contribution >= 0.6 is 0 Å². The lowest BCUT2D eigenvalue weighted by molar-refractivity contribution is 0.317. The van der Waals surface area contributed by atoms with E-state index < -0.39 is 0 Å². The van der Waals surface area contributed by atoms with Crippen LogP contribution < -0.4 is 0 Å². The monoisotopic (exact) mass is 591 g/mol. The van der Waals surface area contributed by atoms with Crippen molar-refractivity contribution in [3.05, 3.63) is 151 Å². The summed E-state index contributed by atoms with van der Waals surface area (Å²) in [6.07, 6.45) is 5.00. The van der Waals surface area contributed by atoms with Gasteiger partial charge in [0, 0.05) is 50.2 Å². The smallest absolute Gasteiger partial charge is 0.0992 e. The van der Waals surface area contributed by atoms with Gasteiger partial charge in [-0.15, -0.1) is 0 Å². The van der Waals surface area contributed by atoms with E-state index in [9.17, 15) is 5.26 Å². The van der Waals surface area contributed by atoms with Crippen LogP contribution in [-0.2, 0) is 0 Å². The molecule has 1 aliphatic carbocycles. The van der Waals surface area contributed by atoms with Crippen LogP contribution in [0.3, 0.4) is 0 Å². The van der Waals surface area contributed by atoms with Gasteiger partial charge in [-0.3, -0.25) is 0 Å². The van der Waals surface area contributed by atoms with Gasteiger partial charge in [-0.05, 0) is 84.1 Å². The van der Waals surface area contributed by atoms with E-state index in [2.05, 4.69) is 137 Å². The van der Waals surface area contributed by atoms with E-state index in [0.29, 0.717) is 17.5 Å². The Kier molecular flexibility index (Phi) is 6.28. The van der Waals surface area contributed by atoms with Gasteiger partial charge in [0.25, 0.3) is 0 Å². The minimum atomic E-state index is 0.436. The van der Waals surface area contributed by atoms with Crippen molar-refractivity contribution in [2.24, 2.45) is 0 Å². The molecule has 6 aromatic carbocycles. The second-order valence-electron chi connectivity index (χ2n) is 12.7. The van der Waals surface area contributed by atoms with Crippen molar-refractivity contribution >= 4 is 43.6 Å². The summed E-state index contributed by atoms with van der Waals surface area (Å²) in [5.74, 6) is 0.516. The first kappa shape index (κ1) is 26.8. The van der Waals surface area contributed by atoms with Gasteiger partial charge in [-0.25, -0.2) is 0 Å². The highest BCUT2D eigenvalue weighted by molar-refractivity contribution is 6.12. The zero-order chi connectivity index (χ0) is 30.6. The summed E-state index contributed by atoms with van der Waals surface area (Å²) in [5, 5.41) is 14.6. The third kappa shape index (κ3) is 4.18. The summed E-state index contributed by atoms with van der Waals surface area (Å²) in [4.78, 5) is 0. The van der Waals surface area contributed by atoms with Gasteiger partial charge >= 0.3 is 0 Å². The van der Waals surface area contributed by atoms with Gasteiger partial charge in [0.05, 0.1) is 22.7 Å². The topological polar surface area (TPSA) is 33.6 Å². The number of para-hydroxylation sites is 2. The number of nitrogens with zero attached hydrogens (tertiary/aromatic N) is 3. The Morgan fingerprint density at radius 2 is 1.13 bits per heavy atom. The first-order chi connectivity index (χ1) is 22.8. The highest BCUT2D eigenvalue weighted by Crippen LogP contribution is 2.46. The number of aromatic nitrogens is 2. The van der Waals surface area contributed by atoms with E-state index in [1.54, 1.807) is 0 Å². The number of hydrogen-bond acceptors (Lipinski definition) is 1. The van der Waals surface area contributed by atoms with Crippen LogP contribution in [0.2, 0.25) is 0 Å². The van der Waals surface area contributed by atoms with E-state index >= 15 is 0 Å². The molecule has 3 nitrogen and oxygen atoms in total. The minimum absolute atomic E-state index is 0.436. The van der Waals surface area contributed by atoms with E-state index in [1.165, 1.54) is 75.0 Å². The molecule has 1 fully saturated rings. The first-order valence-electron chi connectivity index (χ1n) is 16.4. The number of fused-ring (bicyclic) bond motifs is 6. The molecule has 9 rings (SSSR count). The number of benzene rings is 6. The van der Waals surface area contributed by atoms with Crippen LogP contribution in [-0.4, -0.2) is 9.13 Å². The van der Waals surface area contributed by atoms with E-state index in [4.69, 9.17) is 0 Å². The normalized spacial score (nSPS) is 16.8. The zero-order valence-corrected chi connectivity index (χ0v) is 25.6. The minimum Gasteiger partial charge on any atom is -0.337 e. The first-order valence-corrected chi connectivity index (χ1v) is 16.4. The molecule has 0 radical (unpaired) electrons. The number of rotatable bonds is 4. The molecule has 0 spiro atoms. The average molecular weight is 592 g/mol. The van der Waals surface area contributed by atoms with Crippen LogP contribution in [0.5, 0.6) is 0 Å². The molecule has 3 heteroatoms. The second kappa shape index (κ2) is 10.8. The molecule has 0 bridgehead atoms. The predicted molar refractivity (Wildman–Crippen MR) is 191 cm³/mol. The molecule has 2 atom stereocenters. The summed E-state index contributed by atoms with van der Waals surface area (Å²) in [5.41, 5.74) is 10.5. The molecule has 0 amide bonds. The Labute approximate surface area is 268 Å². The summed E-state index contributed by atoms with van der Waals surface area (Å²) in [6.45, 7) is 0. The van der Waals surface area contributed by atoms with Crippen LogP contribution in [0.25, 0.3) is 60.4 Å². The number of nitriles is 1. The Morgan fingerprint density at radius 3 is 1.91 bits per heavy atom. The van der Waals surface area contributed by atoms with Crippen LogP contribution in [0.4, 0.5) is 0 Å². The van der Waals surface area contributed by atoms with Gasteiger partial charge in [0.15, 0.2) is 0 Å².